The molecule has 7 nitrogen and oxygen atoms in total. The van der Waals surface area contributed by atoms with E-state index in [1.807, 2.05) is 19.2 Å². The molecule has 156 valence electrons. The maximum Gasteiger partial charge on any atom is 0.311 e. The van der Waals surface area contributed by atoms with E-state index >= 15 is 0 Å². The second-order valence-corrected chi connectivity index (χ2v) is 7.70. The van der Waals surface area contributed by atoms with E-state index in [1.54, 1.807) is 6.92 Å². The smallest absolute Gasteiger partial charge is 0.311 e. The number of H-pyrrole nitrogens is 1. The molecule has 3 N–H and O–H groups in total. The molecule has 0 saturated heterocycles. The van der Waals surface area contributed by atoms with Gasteiger partial charge >= 0.3 is 5.97 Å². The number of carbonyl (C=O) groups is 2. The Balaban J connectivity index is 2.26. The Morgan fingerprint density at radius 3 is 2.62 bits per heavy atom. The van der Waals surface area contributed by atoms with Gasteiger partial charge in [-0.3, -0.25) is 14.4 Å². The summed E-state index contributed by atoms with van der Waals surface area (Å²) in [4.78, 5) is 40.1. The van der Waals surface area contributed by atoms with E-state index in [-0.39, 0.29) is 46.2 Å². The number of hydrogen-bond donors (Lipinski definition) is 3. The van der Waals surface area contributed by atoms with Gasteiger partial charge < -0.3 is 20.1 Å². The number of aromatic amines is 1. The van der Waals surface area contributed by atoms with Gasteiger partial charge in [0, 0.05) is 40.2 Å². The van der Waals surface area contributed by atoms with E-state index in [2.05, 4.69) is 10.3 Å². The van der Waals surface area contributed by atoms with Crippen LogP contribution in [-0.4, -0.2) is 28.2 Å². The fourth-order valence-electron chi connectivity index (χ4n) is 2.71. The number of halogens is 1. The van der Waals surface area contributed by atoms with Crippen molar-refractivity contribution in [3.8, 4) is 11.5 Å². The second-order valence-electron chi connectivity index (χ2n) is 6.44. The van der Waals surface area contributed by atoms with Gasteiger partial charge in [0.1, 0.15) is 0 Å². The minimum atomic E-state index is -0.524. The summed E-state index contributed by atoms with van der Waals surface area (Å²) in [7, 11) is 0. The normalized spacial score (nSPS) is 10.7. The number of rotatable bonds is 7. The maximum atomic E-state index is 12.6. The molecular weight excluding hydrogens is 416 g/mol. The van der Waals surface area contributed by atoms with E-state index in [4.69, 9.17) is 16.3 Å². The number of carbonyl (C=O) groups excluding carboxylic acids is 2. The van der Waals surface area contributed by atoms with E-state index in [1.165, 1.54) is 24.8 Å². The molecule has 0 aliphatic carbocycles. The summed E-state index contributed by atoms with van der Waals surface area (Å²) in [5, 5.41) is 13.0. The Hall–Kier alpha value is -2.45. The summed E-state index contributed by atoms with van der Waals surface area (Å²) in [6.07, 6.45) is 2.62. The molecule has 0 radical (unpaired) electrons. The topological polar surface area (TPSA) is 108 Å². The molecule has 1 aromatic heterocycles. The van der Waals surface area contributed by atoms with Gasteiger partial charge in [0.15, 0.2) is 11.5 Å². The standard InChI is InChI=1S/C20H23ClN2O5S/c1-5-6-16(24)28-18-14(21)8-12(11(3)17(18)25)19(26)22-9-13-15(29-4)7-10(2)23-20(13)27/h7-8,25H,5-6,9H2,1-4H3,(H,22,26)(H,23,27). The van der Waals surface area contributed by atoms with Gasteiger partial charge in [-0.25, -0.2) is 0 Å². The number of ether oxygens (including phenoxy) is 1. The van der Waals surface area contributed by atoms with Crippen LogP contribution < -0.4 is 15.6 Å². The first-order valence-corrected chi connectivity index (χ1v) is 10.6. The molecule has 1 amide bonds. The molecule has 0 aliphatic heterocycles. The molecule has 0 bridgehead atoms. The fourth-order valence-corrected chi connectivity index (χ4v) is 3.66. The van der Waals surface area contributed by atoms with Crippen LogP contribution in [0.1, 0.15) is 46.9 Å². The average Bonchev–Trinajstić information content (AvgIpc) is 2.66. The Labute approximate surface area is 177 Å². The SMILES string of the molecule is CCCC(=O)Oc1c(Cl)cc(C(=O)NCc2c(SC)cc(C)[nH]c2=O)c(C)c1O. The Morgan fingerprint density at radius 1 is 1.31 bits per heavy atom. The van der Waals surface area contributed by atoms with Crippen LogP contribution in [0.3, 0.4) is 0 Å². The zero-order chi connectivity index (χ0) is 21.7. The molecule has 0 saturated carbocycles. The van der Waals surface area contributed by atoms with Crippen molar-refractivity contribution in [2.75, 3.05) is 6.26 Å². The summed E-state index contributed by atoms with van der Waals surface area (Å²) in [5.41, 5.74) is 1.24. The summed E-state index contributed by atoms with van der Waals surface area (Å²) < 4.78 is 5.12. The number of amides is 1. The van der Waals surface area contributed by atoms with Crippen LogP contribution in [0.15, 0.2) is 21.8 Å². The fraction of sp³-hybridized carbons (Fsp3) is 0.350. The van der Waals surface area contributed by atoms with Crippen LogP contribution >= 0.6 is 23.4 Å². The molecule has 2 rings (SSSR count). The van der Waals surface area contributed by atoms with E-state index in [0.29, 0.717) is 12.0 Å². The van der Waals surface area contributed by atoms with Crippen LogP contribution in [0, 0.1) is 13.8 Å². The number of aromatic nitrogens is 1. The molecule has 0 fully saturated rings. The van der Waals surface area contributed by atoms with Crippen molar-refractivity contribution in [3.05, 3.63) is 49.9 Å². The van der Waals surface area contributed by atoms with Crippen molar-refractivity contribution >= 4 is 35.2 Å². The lowest BCUT2D eigenvalue weighted by Gasteiger charge is -2.14. The quantitative estimate of drug-likeness (QED) is 0.345. The van der Waals surface area contributed by atoms with Crippen molar-refractivity contribution in [3.63, 3.8) is 0 Å². The number of benzene rings is 1. The van der Waals surface area contributed by atoms with Gasteiger partial charge in [0.2, 0.25) is 0 Å². The van der Waals surface area contributed by atoms with Gasteiger partial charge in [-0.2, -0.15) is 0 Å². The zero-order valence-electron chi connectivity index (χ0n) is 16.6. The molecular formula is C20H23ClN2O5S. The Morgan fingerprint density at radius 2 is 2.00 bits per heavy atom. The highest BCUT2D eigenvalue weighted by atomic mass is 35.5. The number of aryl methyl sites for hydroxylation is 1. The highest BCUT2D eigenvalue weighted by Gasteiger charge is 2.21. The van der Waals surface area contributed by atoms with Crippen molar-refractivity contribution < 1.29 is 19.4 Å². The van der Waals surface area contributed by atoms with Crippen molar-refractivity contribution in [2.24, 2.45) is 0 Å². The number of phenolic OH excluding ortho intramolecular Hbond substituents is 1. The van der Waals surface area contributed by atoms with Crippen molar-refractivity contribution in [1.29, 1.82) is 0 Å². The minimum Gasteiger partial charge on any atom is -0.504 e. The Bertz CT molecular complexity index is 1000. The lowest BCUT2D eigenvalue weighted by atomic mass is 10.1. The van der Waals surface area contributed by atoms with Crippen LogP contribution in [0.5, 0.6) is 11.5 Å². The van der Waals surface area contributed by atoms with Crippen LogP contribution in [-0.2, 0) is 11.3 Å². The maximum absolute atomic E-state index is 12.6. The Kier molecular flexibility index (Phi) is 7.75. The van der Waals surface area contributed by atoms with E-state index in [9.17, 15) is 19.5 Å². The van der Waals surface area contributed by atoms with E-state index in [0.717, 1.165) is 10.6 Å². The number of nitrogens with one attached hydrogen (secondary N) is 2. The van der Waals surface area contributed by atoms with Gasteiger partial charge in [-0.05, 0) is 38.7 Å². The minimum absolute atomic E-state index is 0.00960. The van der Waals surface area contributed by atoms with Gasteiger partial charge in [0.25, 0.3) is 11.5 Å². The predicted octanol–water partition coefficient (Wildman–Crippen LogP) is 3.71. The number of esters is 1. The molecule has 0 spiro atoms. The third-order valence-corrected chi connectivity index (χ3v) is 5.34. The summed E-state index contributed by atoms with van der Waals surface area (Å²) in [5.74, 6) is -1.58. The van der Waals surface area contributed by atoms with Gasteiger partial charge in [-0.1, -0.05) is 18.5 Å². The number of hydrogen-bond acceptors (Lipinski definition) is 6. The molecule has 0 atom stereocenters. The van der Waals surface area contributed by atoms with Gasteiger partial charge in [-0.15, -0.1) is 11.8 Å². The first kappa shape index (κ1) is 22.8. The lowest BCUT2D eigenvalue weighted by Crippen LogP contribution is -2.28. The van der Waals surface area contributed by atoms with Crippen molar-refractivity contribution in [1.82, 2.24) is 10.3 Å². The molecule has 29 heavy (non-hydrogen) atoms. The number of thioether (sulfide) groups is 1. The monoisotopic (exact) mass is 438 g/mol. The number of pyridine rings is 1. The third-order valence-electron chi connectivity index (χ3n) is 4.25. The van der Waals surface area contributed by atoms with E-state index < -0.39 is 11.9 Å². The highest BCUT2D eigenvalue weighted by Crippen LogP contribution is 2.39. The average molecular weight is 439 g/mol. The molecule has 2 aromatic rings. The summed E-state index contributed by atoms with van der Waals surface area (Å²) in [6, 6.07) is 3.16. The van der Waals surface area contributed by atoms with Crippen LogP contribution in [0.4, 0.5) is 0 Å². The van der Waals surface area contributed by atoms with Gasteiger partial charge in [0.05, 0.1) is 5.02 Å². The number of phenols is 1. The zero-order valence-corrected chi connectivity index (χ0v) is 18.2. The molecule has 9 heteroatoms. The highest BCUT2D eigenvalue weighted by molar-refractivity contribution is 7.98. The first-order chi connectivity index (χ1) is 13.7. The first-order valence-electron chi connectivity index (χ1n) is 8.97. The van der Waals surface area contributed by atoms with Crippen molar-refractivity contribution in [2.45, 2.75) is 45.1 Å². The third kappa shape index (κ3) is 5.33. The number of aromatic hydroxyl groups is 1. The molecule has 1 aromatic carbocycles. The molecule has 0 aliphatic rings. The van der Waals surface area contributed by atoms with Crippen LogP contribution in [0.2, 0.25) is 5.02 Å². The van der Waals surface area contributed by atoms with Crippen LogP contribution in [0.25, 0.3) is 0 Å². The lowest BCUT2D eigenvalue weighted by molar-refractivity contribution is -0.134. The molecule has 1 heterocycles. The second kappa shape index (κ2) is 9.84. The predicted molar refractivity (Wildman–Crippen MR) is 113 cm³/mol. The molecule has 0 unspecified atom stereocenters. The summed E-state index contributed by atoms with van der Waals surface area (Å²) >= 11 is 7.54. The largest absolute Gasteiger partial charge is 0.504 e. The summed E-state index contributed by atoms with van der Waals surface area (Å²) in [6.45, 7) is 5.13.